The highest BCUT2D eigenvalue weighted by Gasteiger charge is 2.18. The summed E-state index contributed by atoms with van der Waals surface area (Å²) >= 11 is 6.25. The number of benzene rings is 2. The van der Waals surface area contributed by atoms with E-state index < -0.39 is 0 Å². The molecular weight excluding hydrogens is 370 g/mol. The smallest absolute Gasteiger partial charge is 0.251 e. The first-order chi connectivity index (χ1) is 13.2. The van der Waals surface area contributed by atoms with Crippen molar-refractivity contribution >= 4 is 17.5 Å². The zero-order chi connectivity index (χ0) is 18.6. The Bertz CT molecular complexity index is 855. The lowest BCUT2D eigenvalue weighted by Gasteiger charge is -2.19. The Morgan fingerprint density at radius 3 is 2.59 bits per heavy atom. The monoisotopic (exact) mass is 389 g/mol. The number of hydrogen-bond acceptors (Lipinski definition) is 5. The van der Waals surface area contributed by atoms with Crippen molar-refractivity contribution in [2.75, 3.05) is 33.0 Å². The normalized spacial score (nSPS) is 15.0. The molecule has 6 nitrogen and oxygen atoms in total. The van der Waals surface area contributed by atoms with Crippen LogP contribution in [0.1, 0.15) is 22.3 Å². The Hall–Kier alpha value is -2.60. The SMILES string of the molecule is O=C(NCCc1ccc2c(c1)OCCO2)c1cc(Cl)c2c(c1)OCCCO2. The highest BCUT2D eigenvalue weighted by Crippen LogP contribution is 2.38. The zero-order valence-corrected chi connectivity index (χ0v) is 15.5. The summed E-state index contributed by atoms with van der Waals surface area (Å²) in [5.74, 6) is 2.32. The molecule has 2 aliphatic rings. The second-order valence-corrected chi connectivity index (χ2v) is 6.73. The van der Waals surface area contributed by atoms with E-state index in [4.69, 9.17) is 30.5 Å². The molecule has 0 unspecified atom stereocenters. The Morgan fingerprint density at radius 2 is 1.70 bits per heavy atom. The van der Waals surface area contributed by atoms with E-state index >= 15 is 0 Å². The van der Waals surface area contributed by atoms with Crippen molar-refractivity contribution in [3.8, 4) is 23.0 Å². The summed E-state index contributed by atoms with van der Waals surface area (Å²) in [5, 5.41) is 3.29. The van der Waals surface area contributed by atoms with Gasteiger partial charge in [0, 0.05) is 18.5 Å². The van der Waals surface area contributed by atoms with Crippen LogP contribution in [0.4, 0.5) is 0 Å². The average Bonchev–Trinajstić information content (AvgIpc) is 2.93. The number of carbonyl (C=O) groups is 1. The summed E-state index contributed by atoms with van der Waals surface area (Å²) in [7, 11) is 0. The van der Waals surface area contributed by atoms with E-state index in [2.05, 4.69) is 5.32 Å². The van der Waals surface area contributed by atoms with Gasteiger partial charge in [0.2, 0.25) is 0 Å². The standard InChI is InChI=1S/C20H20ClNO5/c21-15-11-14(12-18-19(15)27-7-1-6-24-18)20(23)22-5-4-13-2-3-16-17(10-13)26-9-8-25-16/h2-3,10-12H,1,4-9H2,(H,22,23). The highest BCUT2D eigenvalue weighted by atomic mass is 35.5. The van der Waals surface area contributed by atoms with Crippen LogP contribution in [0.3, 0.4) is 0 Å². The summed E-state index contributed by atoms with van der Waals surface area (Å²) in [6.45, 7) is 2.70. The summed E-state index contributed by atoms with van der Waals surface area (Å²) in [5.41, 5.74) is 1.52. The second-order valence-electron chi connectivity index (χ2n) is 6.32. The van der Waals surface area contributed by atoms with Gasteiger partial charge in [-0.15, -0.1) is 0 Å². The molecule has 0 aromatic heterocycles. The van der Waals surface area contributed by atoms with Gasteiger partial charge in [-0.1, -0.05) is 17.7 Å². The van der Waals surface area contributed by atoms with E-state index in [0.29, 0.717) is 61.5 Å². The predicted octanol–water partition coefficient (Wildman–Crippen LogP) is 3.25. The van der Waals surface area contributed by atoms with Gasteiger partial charge in [-0.05, 0) is 36.2 Å². The van der Waals surface area contributed by atoms with Crippen LogP contribution in [0.15, 0.2) is 30.3 Å². The number of rotatable bonds is 4. The molecule has 0 radical (unpaired) electrons. The average molecular weight is 390 g/mol. The van der Waals surface area contributed by atoms with Crippen molar-refractivity contribution in [1.29, 1.82) is 0 Å². The first kappa shape index (κ1) is 17.8. The molecule has 0 fully saturated rings. The quantitative estimate of drug-likeness (QED) is 0.869. The van der Waals surface area contributed by atoms with Crippen LogP contribution in [0.25, 0.3) is 0 Å². The third-order valence-corrected chi connectivity index (χ3v) is 4.65. The minimum Gasteiger partial charge on any atom is -0.489 e. The minimum atomic E-state index is -0.204. The van der Waals surface area contributed by atoms with Gasteiger partial charge in [0.25, 0.3) is 5.91 Å². The van der Waals surface area contributed by atoms with E-state index in [-0.39, 0.29) is 5.91 Å². The number of ether oxygens (including phenoxy) is 4. The first-order valence-electron chi connectivity index (χ1n) is 8.96. The van der Waals surface area contributed by atoms with Gasteiger partial charge in [0.15, 0.2) is 23.0 Å². The van der Waals surface area contributed by atoms with Crippen molar-refractivity contribution in [1.82, 2.24) is 5.32 Å². The summed E-state index contributed by atoms with van der Waals surface area (Å²) < 4.78 is 22.3. The summed E-state index contributed by atoms with van der Waals surface area (Å²) in [4.78, 5) is 12.5. The van der Waals surface area contributed by atoms with Crippen LogP contribution in [0, 0.1) is 0 Å². The van der Waals surface area contributed by atoms with Crippen LogP contribution < -0.4 is 24.3 Å². The van der Waals surface area contributed by atoms with Crippen molar-refractivity contribution < 1.29 is 23.7 Å². The predicted molar refractivity (Wildman–Crippen MR) is 101 cm³/mol. The van der Waals surface area contributed by atoms with Crippen LogP contribution in [-0.4, -0.2) is 38.9 Å². The number of halogens is 1. The van der Waals surface area contributed by atoms with Crippen LogP contribution in [0.5, 0.6) is 23.0 Å². The number of carbonyl (C=O) groups excluding carboxylic acids is 1. The fourth-order valence-electron chi connectivity index (χ4n) is 3.03. The molecule has 0 saturated heterocycles. The lowest BCUT2D eigenvalue weighted by molar-refractivity contribution is 0.0953. The fraction of sp³-hybridized carbons (Fsp3) is 0.350. The molecule has 4 rings (SSSR count). The molecular formula is C20H20ClNO5. The molecule has 2 aromatic rings. The Balaban J connectivity index is 1.38. The largest absolute Gasteiger partial charge is 0.489 e. The maximum absolute atomic E-state index is 12.5. The van der Waals surface area contributed by atoms with E-state index in [0.717, 1.165) is 23.5 Å². The third-order valence-electron chi connectivity index (χ3n) is 4.37. The maximum Gasteiger partial charge on any atom is 0.251 e. The van der Waals surface area contributed by atoms with Crippen LogP contribution in [0.2, 0.25) is 5.02 Å². The maximum atomic E-state index is 12.5. The van der Waals surface area contributed by atoms with E-state index in [1.54, 1.807) is 12.1 Å². The van der Waals surface area contributed by atoms with Gasteiger partial charge >= 0.3 is 0 Å². The second kappa shape index (κ2) is 7.96. The van der Waals surface area contributed by atoms with Crippen molar-refractivity contribution in [3.05, 3.63) is 46.5 Å². The molecule has 0 spiro atoms. The van der Waals surface area contributed by atoms with Crippen LogP contribution >= 0.6 is 11.6 Å². The number of nitrogens with one attached hydrogen (secondary N) is 1. The van der Waals surface area contributed by atoms with Gasteiger partial charge in [0.05, 0.1) is 18.2 Å². The van der Waals surface area contributed by atoms with Crippen LogP contribution in [-0.2, 0) is 6.42 Å². The number of amides is 1. The summed E-state index contributed by atoms with van der Waals surface area (Å²) in [6, 6.07) is 9.10. The van der Waals surface area contributed by atoms with Crippen molar-refractivity contribution in [3.63, 3.8) is 0 Å². The Labute approximate surface area is 162 Å². The molecule has 0 aliphatic carbocycles. The molecule has 0 bridgehead atoms. The molecule has 1 amide bonds. The lowest BCUT2D eigenvalue weighted by Crippen LogP contribution is -2.25. The van der Waals surface area contributed by atoms with Gasteiger partial charge in [-0.25, -0.2) is 0 Å². The van der Waals surface area contributed by atoms with Gasteiger partial charge in [-0.2, -0.15) is 0 Å². The van der Waals surface area contributed by atoms with Gasteiger partial charge in [-0.3, -0.25) is 4.79 Å². The first-order valence-corrected chi connectivity index (χ1v) is 9.34. The van der Waals surface area contributed by atoms with Gasteiger partial charge < -0.3 is 24.3 Å². The fourth-order valence-corrected chi connectivity index (χ4v) is 3.29. The molecule has 2 aliphatic heterocycles. The number of hydrogen-bond donors (Lipinski definition) is 1. The third kappa shape index (κ3) is 4.06. The zero-order valence-electron chi connectivity index (χ0n) is 14.8. The van der Waals surface area contributed by atoms with E-state index in [9.17, 15) is 4.79 Å². The topological polar surface area (TPSA) is 66.0 Å². The Morgan fingerprint density at radius 1 is 0.926 bits per heavy atom. The molecule has 0 saturated carbocycles. The minimum absolute atomic E-state index is 0.204. The molecule has 7 heteroatoms. The highest BCUT2D eigenvalue weighted by molar-refractivity contribution is 6.32. The summed E-state index contributed by atoms with van der Waals surface area (Å²) in [6.07, 6.45) is 1.46. The van der Waals surface area contributed by atoms with E-state index in [1.165, 1.54) is 0 Å². The van der Waals surface area contributed by atoms with Gasteiger partial charge in [0.1, 0.15) is 13.2 Å². The van der Waals surface area contributed by atoms with Crippen molar-refractivity contribution in [2.24, 2.45) is 0 Å². The molecule has 1 N–H and O–H groups in total. The molecule has 2 aromatic carbocycles. The molecule has 2 heterocycles. The van der Waals surface area contributed by atoms with Crippen molar-refractivity contribution in [2.45, 2.75) is 12.8 Å². The van der Waals surface area contributed by atoms with E-state index in [1.807, 2.05) is 18.2 Å². The molecule has 142 valence electrons. The Kier molecular flexibility index (Phi) is 5.25. The molecule has 27 heavy (non-hydrogen) atoms. The molecule has 0 atom stereocenters. The lowest BCUT2D eigenvalue weighted by atomic mass is 10.1. The number of fused-ring (bicyclic) bond motifs is 2.